The summed E-state index contributed by atoms with van der Waals surface area (Å²) in [6.07, 6.45) is 8.75. The summed E-state index contributed by atoms with van der Waals surface area (Å²) in [5.41, 5.74) is 2.87. The van der Waals surface area contributed by atoms with Crippen LogP contribution in [0.5, 0.6) is 0 Å². The first-order chi connectivity index (χ1) is 12.2. The molecule has 25 heavy (non-hydrogen) atoms. The molecule has 0 radical (unpaired) electrons. The van der Waals surface area contributed by atoms with E-state index in [-0.39, 0.29) is 24.2 Å². The molecule has 1 saturated heterocycles. The van der Waals surface area contributed by atoms with Gasteiger partial charge in [0.05, 0.1) is 29.6 Å². The maximum absolute atomic E-state index is 13.1. The zero-order valence-corrected chi connectivity index (χ0v) is 13.9. The lowest BCUT2D eigenvalue weighted by Crippen LogP contribution is -2.30. The summed E-state index contributed by atoms with van der Waals surface area (Å²) >= 11 is 0. The predicted octanol–water partition coefficient (Wildman–Crippen LogP) is 2.32. The third-order valence-electron chi connectivity index (χ3n) is 4.76. The molecule has 1 fully saturated rings. The van der Waals surface area contributed by atoms with Gasteiger partial charge >= 0.3 is 5.97 Å². The first-order valence-electron chi connectivity index (χ1n) is 8.32. The highest BCUT2D eigenvalue weighted by Gasteiger charge is 2.40. The van der Waals surface area contributed by atoms with Crippen LogP contribution in [0, 0.1) is 12.3 Å². The number of amides is 1. The second-order valence-corrected chi connectivity index (χ2v) is 6.10. The summed E-state index contributed by atoms with van der Waals surface area (Å²) in [5, 5.41) is 0. The van der Waals surface area contributed by atoms with Gasteiger partial charge in [-0.2, -0.15) is 0 Å². The Labute approximate surface area is 145 Å². The number of benzene rings is 1. The first kappa shape index (κ1) is 15.5. The Hall–Kier alpha value is -3.07. The summed E-state index contributed by atoms with van der Waals surface area (Å²) in [6.45, 7) is 2.69. The van der Waals surface area contributed by atoms with Crippen molar-refractivity contribution in [3.05, 3.63) is 47.0 Å². The van der Waals surface area contributed by atoms with Gasteiger partial charge in [0.25, 0.3) is 5.91 Å². The minimum atomic E-state index is -0.459. The van der Waals surface area contributed by atoms with Crippen LogP contribution >= 0.6 is 0 Å². The molecule has 1 aromatic heterocycles. The molecule has 1 amide bonds. The summed E-state index contributed by atoms with van der Waals surface area (Å²) in [6, 6.07) is 5.14. The van der Waals surface area contributed by atoms with Crippen LogP contribution in [-0.2, 0) is 4.74 Å². The van der Waals surface area contributed by atoms with E-state index in [1.54, 1.807) is 25.4 Å². The van der Waals surface area contributed by atoms with Crippen molar-refractivity contribution >= 4 is 11.9 Å². The highest BCUT2D eigenvalue weighted by Crippen LogP contribution is 2.40. The van der Waals surface area contributed by atoms with Gasteiger partial charge in [0, 0.05) is 12.1 Å². The number of aromatic nitrogens is 2. The van der Waals surface area contributed by atoms with Gasteiger partial charge in [-0.1, -0.05) is 5.92 Å². The number of rotatable bonds is 2. The van der Waals surface area contributed by atoms with E-state index in [4.69, 9.17) is 11.2 Å². The van der Waals surface area contributed by atoms with Gasteiger partial charge in [-0.3, -0.25) is 9.36 Å². The Balaban J connectivity index is 1.96. The van der Waals surface area contributed by atoms with E-state index in [2.05, 4.69) is 10.9 Å². The molecule has 0 unspecified atom stereocenters. The quantitative estimate of drug-likeness (QED) is 0.624. The van der Waals surface area contributed by atoms with Crippen LogP contribution in [0.2, 0.25) is 0 Å². The van der Waals surface area contributed by atoms with E-state index in [0.29, 0.717) is 23.4 Å². The van der Waals surface area contributed by atoms with Crippen LogP contribution in [0.4, 0.5) is 0 Å². The standard InChI is InChI=1S/C19H17N3O3/c1-3-12-7-8-14-13(10-12)18(23)21-9-5-6-15(21)17-16(19(24)25-4-2)20-11-22(14)17/h1,7-8,10-11,15H,4-6,9H2,2H3/t15-/m0/s1. The highest BCUT2D eigenvalue weighted by atomic mass is 16.5. The molecule has 0 spiro atoms. The lowest BCUT2D eigenvalue weighted by Gasteiger charge is -2.22. The third kappa shape index (κ3) is 2.23. The molecular weight excluding hydrogens is 318 g/mol. The van der Waals surface area contributed by atoms with Crippen LogP contribution in [-0.4, -0.2) is 39.5 Å². The number of ether oxygens (including phenoxy) is 1. The van der Waals surface area contributed by atoms with Crippen LogP contribution in [0.15, 0.2) is 24.5 Å². The molecule has 6 heteroatoms. The van der Waals surface area contributed by atoms with E-state index in [0.717, 1.165) is 18.5 Å². The fourth-order valence-electron chi connectivity index (χ4n) is 3.68. The van der Waals surface area contributed by atoms with E-state index in [1.807, 2.05) is 15.5 Å². The second-order valence-electron chi connectivity index (χ2n) is 6.10. The van der Waals surface area contributed by atoms with Crippen LogP contribution < -0.4 is 0 Å². The lowest BCUT2D eigenvalue weighted by atomic mass is 10.1. The minimum absolute atomic E-state index is 0.0619. The average molecular weight is 335 g/mol. The van der Waals surface area contributed by atoms with Gasteiger partial charge in [0.15, 0.2) is 5.69 Å². The number of carbonyl (C=O) groups is 2. The SMILES string of the molecule is C#Cc1ccc2c(c1)C(=O)N1CCC[C@H]1c1c(C(=O)OCC)ncn1-2. The topological polar surface area (TPSA) is 64.4 Å². The summed E-state index contributed by atoms with van der Waals surface area (Å²) in [5.74, 6) is 2.05. The Morgan fingerprint density at radius 1 is 1.48 bits per heavy atom. The summed E-state index contributed by atoms with van der Waals surface area (Å²) < 4.78 is 6.98. The van der Waals surface area contributed by atoms with Crippen LogP contribution in [0.25, 0.3) is 5.69 Å². The number of fused-ring (bicyclic) bond motifs is 5. The fraction of sp³-hybridized carbons (Fsp3) is 0.316. The van der Waals surface area contributed by atoms with Crippen molar-refractivity contribution in [1.82, 2.24) is 14.5 Å². The molecule has 4 rings (SSSR count). The number of esters is 1. The number of hydrogen-bond acceptors (Lipinski definition) is 4. The Morgan fingerprint density at radius 2 is 2.32 bits per heavy atom. The molecule has 6 nitrogen and oxygen atoms in total. The minimum Gasteiger partial charge on any atom is -0.461 e. The monoisotopic (exact) mass is 335 g/mol. The van der Waals surface area contributed by atoms with E-state index in [9.17, 15) is 9.59 Å². The second kappa shape index (κ2) is 5.78. The maximum Gasteiger partial charge on any atom is 0.358 e. The lowest BCUT2D eigenvalue weighted by molar-refractivity contribution is 0.0513. The Bertz CT molecular complexity index is 922. The molecule has 1 aromatic carbocycles. The normalized spacial score (nSPS) is 18.0. The summed E-state index contributed by atoms with van der Waals surface area (Å²) in [7, 11) is 0. The van der Waals surface area contributed by atoms with Gasteiger partial charge in [-0.05, 0) is 38.0 Å². The number of nitrogens with zero attached hydrogens (tertiary/aromatic N) is 3. The molecule has 0 N–H and O–H groups in total. The molecule has 1 atom stereocenters. The number of terminal acetylenes is 1. The maximum atomic E-state index is 13.1. The third-order valence-corrected chi connectivity index (χ3v) is 4.76. The number of hydrogen-bond donors (Lipinski definition) is 0. The van der Waals surface area contributed by atoms with E-state index in [1.165, 1.54) is 0 Å². The molecule has 3 heterocycles. The van der Waals surface area contributed by atoms with Gasteiger partial charge in [-0.15, -0.1) is 6.42 Å². The van der Waals surface area contributed by atoms with E-state index >= 15 is 0 Å². The summed E-state index contributed by atoms with van der Waals surface area (Å²) in [4.78, 5) is 31.5. The predicted molar refractivity (Wildman–Crippen MR) is 90.5 cm³/mol. The van der Waals surface area contributed by atoms with Gasteiger partial charge in [0.2, 0.25) is 0 Å². The highest BCUT2D eigenvalue weighted by molar-refractivity contribution is 6.00. The van der Waals surface area contributed by atoms with Crippen molar-refractivity contribution in [2.45, 2.75) is 25.8 Å². The number of imidazole rings is 1. The fourth-order valence-corrected chi connectivity index (χ4v) is 3.68. The Kier molecular flexibility index (Phi) is 3.57. The molecule has 2 aromatic rings. The van der Waals surface area contributed by atoms with Gasteiger partial charge < -0.3 is 9.64 Å². The van der Waals surface area contributed by atoms with Crippen molar-refractivity contribution in [2.75, 3.05) is 13.2 Å². The molecule has 0 saturated carbocycles. The zero-order chi connectivity index (χ0) is 17.6. The van der Waals surface area contributed by atoms with Crippen molar-refractivity contribution in [3.63, 3.8) is 0 Å². The van der Waals surface area contributed by atoms with Crippen LogP contribution in [0.3, 0.4) is 0 Å². The van der Waals surface area contributed by atoms with Crippen molar-refractivity contribution < 1.29 is 14.3 Å². The zero-order valence-electron chi connectivity index (χ0n) is 13.9. The molecular formula is C19H17N3O3. The van der Waals surface area contributed by atoms with Gasteiger partial charge in [0.1, 0.15) is 6.33 Å². The van der Waals surface area contributed by atoms with Crippen molar-refractivity contribution in [1.29, 1.82) is 0 Å². The van der Waals surface area contributed by atoms with Gasteiger partial charge in [-0.25, -0.2) is 9.78 Å². The molecule has 126 valence electrons. The smallest absolute Gasteiger partial charge is 0.358 e. The first-order valence-corrected chi connectivity index (χ1v) is 8.32. The average Bonchev–Trinajstić information content (AvgIpc) is 3.25. The number of carbonyl (C=O) groups excluding carboxylic acids is 2. The molecule has 0 bridgehead atoms. The largest absolute Gasteiger partial charge is 0.461 e. The van der Waals surface area contributed by atoms with Crippen molar-refractivity contribution in [3.8, 4) is 18.0 Å². The van der Waals surface area contributed by atoms with E-state index < -0.39 is 5.97 Å². The molecule has 0 aliphatic carbocycles. The van der Waals surface area contributed by atoms with Crippen LogP contribution in [0.1, 0.15) is 57.9 Å². The Morgan fingerprint density at radius 3 is 3.08 bits per heavy atom. The van der Waals surface area contributed by atoms with Crippen molar-refractivity contribution in [2.24, 2.45) is 0 Å². The molecule has 2 aliphatic heterocycles. The molecule has 2 aliphatic rings.